The van der Waals surface area contributed by atoms with Crippen molar-refractivity contribution in [1.29, 1.82) is 0 Å². The Labute approximate surface area is 200 Å². The number of nitrogens with zero attached hydrogens (tertiary/aromatic N) is 3. The van der Waals surface area contributed by atoms with E-state index in [2.05, 4.69) is 4.90 Å². The average molecular weight is 462 g/mol. The van der Waals surface area contributed by atoms with Gasteiger partial charge in [0.15, 0.2) is 0 Å². The summed E-state index contributed by atoms with van der Waals surface area (Å²) in [7, 11) is 0. The first-order chi connectivity index (χ1) is 16.2. The van der Waals surface area contributed by atoms with Gasteiger partial charge in [-0.25, -0.2) is 4.98 Å². The van der Waals surface area contributed by atoms with Crippen LogP contribution in [0.15, 0.2) is 54.6 Å². The van der Waals surface area contributed by atoms with Crippen LogP contribution in [0.1, 0.15) is 47.5 Å². The Morgan fingerprint density at radius 2 is 1.64 bits per heavy atom. The van der Waals surface area contributed by atoms with Gasteiger partial charge in [0.1, 0.15) is 21.4 Å². The fourth-order valence-electron chi connectivity index (χ4n) is 4.92. The molecule has 2 aliphatic heterocycles. The third-order valence-corrected chi connectivity index (χ3v) is 7.92. The van der Waals surface area contributed by atoms with Gasteiger partial charge in [-0.15, -0.1) is 11.3 Å². The zero-order valence-electron chi connectivity index (χ0n) is 19.2. The van der Waals surface area contributed by atoms with Crippen molar-refractivity contribution in [3.8, 4) is 22.1 Å². The van der Waals surface area contributed by atoms with E-state index in [1.165, 1.54) is 43.7 Å². The van der Waals surface area contributed by atoms with Crippen LogP contribution in [0.5, 0.6) is 11.5 Å². The van der Waals surface area contributed by atoms with Crippen molar-refractivity contribution < 1.29 is 9.53 Å². The van der Waals surface area contributed by atoms with Gasteiger partial charge in [0.05, 0.1) is 11.3 Å². The number of likely N-dealkylation sites (tertiary alicyclic amines) is 2. The molecule has 0 N–H and O–H groups in total. The Balaban J connectivity index is 1.30. The number of carbonyl (C=O) groups excluding carboxylic acids is 1. The lowest BCUT2D eigenvalue weighted by Crippen LogP contribution is -2.48. The van der Waals surface area contributed by atoms with E-state index in [0.717, 1.165) is 58.6 Å². The van der Waals surface area contributed by atoms with Gasteiger partial charge in [-0.2, -0.15) is 0 Å². The summed E-state index contributed by atoms with van der Waals surface area (Å²) in [5.41, 5.74) is 1.71. The Hall–Kier alpha value is -2.70. The number of thiazole rings is 1. The van der Waals surface area contributed by atoms with Crippen LogP contribution < -0.4 is 4.74 Å². The summed E-state index contributed by atoms with van der Waals surface area (Å²) < 4.78 is 6.13. The van der Waals surface area contributed by atoms with E-state index >= 15 is 0 Å². The summed E-state index contributed by atoms with van der Waals surface area (Å²) in [5.74, 6) is 1.65. The minimum absolute atomic E-state index is 0.120. The molecule has 2 saturated heterocycles. The highest BCUT2D eigenvalue weighted by Crippen LogP contribution is 2.37. The molecule has 2 aromatic carbocycles. The third kappa shape index (κ3) is 4.97. The second-order valence-corrected chi connectivity index (χ2v) is 9.96. The van der Waals surface area contributed by atoms with Crippen molar-refractivity contribution in [1.82, 2.24) is 14.8 Å². The fourth-order valence-corrected chi connectivity index (χ4v) is 5.98. The molecule has 1 amide bonds. The highest BCUT2D eigenvalue weighted by Gasteiger charge is 2.30. The van der Waals surface area contributed by atoms with E-state index in [1.807, 2.05) is 66.4 Å². The smallest absolute Gasteiger partial charge is 0.265 e. The van der Waals surface area contributed by atoms with Gasteiger partial charge in [0, 0.05) is 19.1 Å². The zero-order valence-corrected chi connectivity index (χ0v) is 20.0. The minimum atomic E-state index is 0.120. The van der Waals surface area contributed by atoms with E-state index in [0.29, 0.717) is 6.04 Å². The number of amides is 1. The molecule has 0 aliphatic carbocycles. The van der Waals surface area contributed by atoms with E-state index in [-0.39, 0.29) is 5.91 Å². The molecule has 0 spiro atoms. The predicted molar refractivity (Wildman–Crippen MR) is 133 cm³/mol. The molecule has 2 fully saturated rings. The Morgan fingerprint density at radius 3 is 2.39 bits per heavy atom. The molecule has 0 radical (unpaired) electrons. The van der Waals surface area contributed by atoms with E-state index in [4.69, 9.17) is 9.72 Å². The van der Waals surface area contributed by atoms with Crippen molar-refractivity contribution >= 4 is 17.2 Å². The summed E-state index contributed by atoms with van der Waals surface area (Å²) in [5, 5.41) is 0.825. The lowest BCUT2D eigenvalue weighted by Gasteiger charge is -2.40. The maximum Gasteiger partial charge on any atom is 0.265 e. The van der Waals surface area contributed by atoms with E-state index in [9.17, 15) is 4.79 Å². The first-order valence-corrected chi connectivity index (χ1v) is 12.8. The van der Waals surface area contributed by atoms with Gasteiger partial charge in [0.25, 0.3) is 5.91 Å². The number of carbonyl (C=O) groups is 1. The second-order valence-electron chi connectivity index (χ2n) is 8.96. The number of para-hydroxylation sites is 2. The van der Waals surface area contributed by atoms with Crippen molar-refractivity contribution in [3.05, 3.63) is 65.2 Å². The van der Waals surface area contributed by atoms with Gasteiger partial charge in [0.2, 0.25) is 0 Å². The first-order valence-electron chi connectivity index (χ1n) is 12.0. The van der Waals surface area contributed by atoms with Crippen LogP contribution in [-0.2, 0) is 0 Å². The average Bonchev–Trinajstić information content (AvgIpc) is 3.26. The highest BCUT2D eigenvalue weighted by atomic mass is 32.1. The number of ether oxygens (including phenoxy) is 1. The molecule has 0 atom stereocenters. The largest absolute Gasteiger partial charge is 0.457 e. The number of piperidine rings is 2. The summed E-state index contributed by atoms with van der Waals surface area (Å²) in [6, 6.07) is 18.3. The molecule has 0 bridgehead atoms. The third-order valence-electron chi connectivity index (χ3n) is 6.74. The predicted octanol–water partition coefficient (Wildman–Crippen LogP) is 6.00. The van der Waals surface area contributed by atoms with Crippen LogP contribution in [0.25, 0.3) is 10.6 Å². The number of hydrogen-bond donors (Lipinski definition) is 0. The summed E-state index contributed by atoms with van der Waals surface area (Å²) in [6.45, 7) is 6.05. The topological polar surface area (TPSA) is 45.7 Å². The van der Waals surface area contributed by atoms with Crippen LogP contribution >= 0.6 is 11.3 Å². The number of benzene rings is 2. The molecule has 0 unspecified atom stereocenters. The van der Waals surface area contributed by atoms with Crippen LogP contribution in [0.3, 0.4) is 0 Å². The quantitative estimate of drug-likeness (QED) is 0.467. The molecule has 0 saturated carbocycles. The molecule has 3 aromatic rings. The normalized spacial score (nSPS) is 17.8. The summed E-state index contributed by atoms with van der Waals surface area (Å²) >= 11 is 1.48. The van der Waals surface area contributed by atoms with Crippen LogP contribution in [0.2, 0.25) is 0 Å². The molecule has 5 nitrogen and oxygen atoms in total. The summed E-state index contributed by atoms with van der Waals surface area (Å²) in [6.07, 6.45) is 6.14. The van der Waals surface area contributed by atoms with Crippen molar-refractivity contribution in [3.63, 3.8) is 0 Å². The Morgan fingerprint density at radius 1 is 0.939 bits per heavy atom. The van der Waals surface area contributed by atoms with Gasteiger partial charge in [-0.3, -0.25) is 4.79 Å². The number of aryl methyl sites for hydroxylation is 1. The molecule has 6 heteroatoms. The maximum atomic E-state index is 13.4. The van der Waals surface area contributed by atoms with Gasteiger partial charge < -0.3 is 14.5 Å². The van der Waals surface area contributed by atoms with Crippen LogP contribution in [-0.4, -0.2) is 52.9 Å². The zero-order chi connectivity index (χ0) is 22.6. The van der Waals surface area contributed by atoms with Crippen molar-refractivity contribution in [2.75, 3.05) is 26.2 Å². The molecular weight excluding hydrogens is 430 g/mol. The molecule has 1 aromatic heterocycles. The first kappa shape index (κ1) is 22.1. The molecule has 172 valence electrons. The SMILES string of the molecule is Cc1nc(-c2ccccc2Oc2ccccc2)sc1C(=O)N1CCC(N2CCCCC2)CC1. The molecular formula is C27H31N3O2S. The number of aromatic nitrogens is 1. The second kappa shape index (κ2) is 10.1. The maximum absolute atomic E-state index is 13.4. The van der Waals surface area contributed by atoms with Crippen LogP contribution in [0.4, 0.5) is 0 Å². The van der Waals surface area contributed by atoms with Gasteiger partial charge in [-0.05, 0) is 70.0 Å². The van der Waals surface area contributed by atoms with Gasteiger partial charge >= 0.3 is 0 Å². The van der Waals surface area contributed by atoms with Crippen molar-refractivity contribution in [2.45, 2.75) is 45.1 Å². The Kier molecular flexibility index (Phi) is 6.74. The lowest BCUT2D eigenvalue weighted by atomic mass is 10.00. The standard InChI is InChI=1S/C27H31N3O2S/c1-20-25(27(31)30-18-14-21(15-19-30)29-16-8-3-9-17-29)33-26(28-20)23-12-6-7-13-24(23)32-22-10-4-2-5-11-22/h2,4-7,10-13,21H,3,8-9,14-19H2,1H3. The minimum Gasteiger partial charge on any atom is -0.457 e. The highest BCUT2D eigenvalue weighted by molar-refractivity contribution is 7.17. The van der Waals surface area contributed by atoms with E-state index in [1.54, 1.807) is 0 Å². The van der Waals surface area contributed by atoms with Crippen LogP contribution in [0, 0.1) is 6.92 Å². The number of rotatable bonds is 5. The Bertz CT molecular complexity index is 1080. The fraction of sp³-hybridized carbons (Fsp3) is 0.407. The van der Waals surface area contributed by atoms with Crippen molar-refractivity contribution in [2.24, 2.45) is 0 Å². The lowest BCUT2D eigenvalue weighted by molar-refractivity contribution is 0.0593. The molecule has 2 aliphatic rings. The van der Waals surface area contributed by atoms with E-state index < -0.39 is 0 Å². The monoisotopic (exact) mass is 461 g/mol. The van der Waals surface area contributed by atoms with Gasteiger partial charge in [-0.1, -0.05) is 36.8 Å². The molecule has 5 rings (SSSR count). The molecule has 33 heavy (non-hydrogen) atoms. The molecule has 3 heterocycles. The number of hydrogen-bond acceptors (Lipinski definition) is 5. The summed E-state index contributed by atoms with van der Waals surface area (Å²) in [4.78, 5) is 23.6.